The minimum atomic E-state index is -0.787. The molecule has 1 aliphatic rings. The van der Waals surface area contributed by atoms with E-state index in [1.807, 2.05) is 13.8 Å². The van der Waals surface area contributed by atoms with Gasteiger partial charge in [-0.15, -0.1) is 0 Å². The van der Waals surface area contributed by atoms with Crippen LogP contribution in [-0.4, -0.2) is 22.6 Å². The average Bonchev–Trinajstić information content (AvgIpc) is 2.43. The fourth-order valence-electron chi connectivity index (χ4n) is 3.14. The summed E-state index contributed by atoms with van der Waals surface area (Å²) < 4.78 is 5.68. The minimum Gasteiger partial charge on any atom is -0.481 e. The van der Waals surface area contributed by atoms with Gasteiger partial charge >= 0.3 is 11.9 Å². The minimum absolute atomic E-state index is 0.209. The first-order valence-electron chi connectivity index (χ1n) is 8.67. The van der Waals surface area contributed by atoms with E-state index in [2.05, 4.69) is 13.8 Å². The van der Waals surface area contributed by atoms with E-state index in [0.29, 0.717) is 18.8 Å². The second-order valence-corrected chi connectivity index (χ2v) is 7.72. The Balaban J connectivity index is 2.40. The molecular formula is C18H32O4. The molecule has 1 aliphatic carbocycles. The molecule has 22 heavy (non-hydrogen) atoms. The number of carboxylic acid groups (broad SMARTS) is 1. The summed E-state index contributed by atoms with van der Waals surface area (Å²) in [5.41, 5.74) is -0.454. The number of esters is 1. The molecule has 4 nitrogen and oxygen atoms in total. The molecule has 0 bridgehead atoms. The van der Waals surface area contributed by atoms with Gasteiger partial charge in [-0.2, -0.15) is 0 Å². The second-order valence-electron chi connectivity index (χ2n) is 7.72. The molecule has 2 atom stereocenters. The first kappa shape index (κ1) is 19.0. The molecule has 0 aromatic carbocycles. The van der Waals surface area contributed by atoms with Gasteiger partial charge in [0.1, 0.15) is 5.60 Å². The zero-order valence-electron chi connectivity index (χ0n) is 14.6. The number of hydrogen-bond donors (Lipinski definition) is 1. The van der Waals surface area contributed by atoms with E-state index >= 15 is 0 Å². The summed E-state index contributed by atoms with van der Waals surface area (Å²) in [5, 5.41) is 9.11. The monoisotopic (exact) mass is 312 g/mol. The van der Waals surface area contributed by atoms with Crippen LogP contribution in [0.15, 0.2) is 0 Å². The van der Waals surface area contributed by atoms with Crippen LogP contribution in [0.2, 0.25) is 0 Å². The molecule has 0 aliphatic heterocycles. The van der Waals surface area contributed by atoms with Crippen LogP contribution >= 0.6 is 0 Å². The van der Waals surface area contributed by atoms with E-state index in [9.17, 15) is 9.59 Å². The summed E-state index contributed by atoms with van der Waals surface area (Å²) >= 11 is 0. The van der Waals surface area contributed by atoms with Gasteiger partial charge in [0.15, 0.2) is 0 Å². The average molecular weight is 312 g/mol. The molecule has 0 radical (unpaired) electrons. The number of carboxylic acids is 1. The molecule has 4 heteroatoms. The fraction of sp³-hybridized carbons (Fsp3) is 0.889. The topological polar surface area (TPSA) is 63.6 Å². The smallest absolute Gasteiger partial charge is 0.309 e. The van der Waals surface area contributed by atoms with Crippen LogP contribution in [0.5, 0.6) is 0 Å². The number of rotatable bonds is 8. The van der Waals surface area contributed by atoms with Crippen molar-refractivity contribution in [2.75, 3.05) is 0 Å². The summed E-state index contributed by atoms with van der Waals surface area (Å²) in [6, 6.07) is 0. The number of hydrogen-bond acceptors (Lipinski definition) is 3. The zero-order valence-corrected chi connectivity index (χ0v) is 14.6. The van der Waals surface area contributed by atoms with Gasteiger partial charge in [0.2, 0.25) is 0 Å². The third kappa shape index (κ3) is 6.80. The van der Waals surface area contributed by atoms with Gasteiger partial charge in [-0.3, -0.25) is 9.59 Å². The van der Waals surface area contributed by atoms with Crippen LogP contribution in [0.3, 0.4) is 0 Å². The van der Waals surface area contributed by atoms with Crippen molar-refractivity contribution in [3.63, 3.8) is 0 Å². The largest absolute Gasteiger partial charge is 0.481 e. The number of aliphatic carboxylic acids is 1. The Morgan fingerprint density at radius 3 is 2.41 bits per heavy atom. The lowest BCUT2D eigenvalue weighted by atomic mass is 9.81. The molecule has 1 rings (SSSR count). The molecule has 0 aromatic heterocycles. The number of carbonyl (C=O) groups is 2. The van der Waals surface area contributed by atoms with Crippen LogP contribution in [-0.2, 0) is 14.3 Å². The summed E-state index contributed by atoms with van der Waals surface area (Å²) in [5.74, 6) is -0.920. The van der Waals surface area contributed by atoms with Gasteiger partial charge in [0, 0.05) is 0 Å². The first-order chi connectivity index (χ1) is 10.2. The number of carbonyl (C=O) groups excluding carboxylic acids is 1. The van der Waals surface area contributed by atoms with Crippen molar-refractivity contribution in [2.24, 2.45) is 17.8 Å². The second kappa shape index (κ2) is 8.54. The normalized spacial score (nSPS) is 22.6. The molecule has 1 fully saturated rings. The van der Waals surface area contributed by atoms with Gasteiger partial charge in [-0.05, 0) is 51.9 Å². The number of unbranched alkanes of at least 4 members (excludes halogenated alkanes) is 1. The van der Waals surface area contributed by atoms with Crippen molar-refractivity contribution in [2.45, 2.75) is 84.7 Å². The van der Waals surface area contributed by atoms with Crippen molar-refractivity contribution < 1.29 is 19.4 Å². The van der Waals surface area contributed by atoms with Gasteiger partial charge in [0.05, 0.1) is 11.8 Å². The Kier molecular flexibility index (Phi) is 7.37. The lowest BCUT2D eigenvalue weighted by Crippen LogP contribution is -2.34. The molecule has 0 aromatic rings. The first-order valence-corrected chi connectivity index (χ1v) is 8.67. The van der Waals surface area contributed by atoms with Gasteiger partial charge in [-0.1, -0.05) is 33.1 Å². The van der Waals surface area contributed by atoms with Crippen LogP contribution < -0.4 is 0 Å². The zero-order chi connectivity index (χ0) is 16.8. The van der Waals surface area contributed by atoms with E-state index in [-0.39, 0.29) is 17.8 Å². The van der Waals surface area contributed by atoms with E-state index in [1.165, 1.54) is 6.42 Å². The maximum Gasteiger partial charge on any atom is 0.309 e. The summed E-state index contributed by atoms with van der Waals surface area (Å²) in [4.78, 5) is 23.4. The maximum absolute atomic E-state index is 12.3. The fourth-order valence-corrected chi connectivity index (χ4v) is 3.14. The van der Waals surface area contributed by atoms with Crippen LogP contribution in [0.4, 0.5) is 0 Å². The SMILES string of the molecule is CC(C)CCCCC(C)(C)OC(=O)C1CCCC(C(=O)O)C1. The molecule has 0 amide bonds. The Hall–Kier alpha value is -1.06. The van der Waals surface area contributed by atoms with Crippen LogP contribution in [0, 0.1) is 17.8 Å². The summed E-state index contributed by atoms with van der Waals surface area (Å²) in [6.07, 6.45) is 6.93. The Bertz CT molecular complexity index is 373. The summed E-state index contributed by atoms with van der Waals surface area (Å²) in [7, 11) is 0. The molecule has 0 heterocycles. The molecule has 2 unspecified atom stereocenters. The predicted octanol–water partition coefficient (Wildman–Crippen LogP) is 4.42. The summed E-state index contributed by atoms with van der Waals surface area (Å²) in [6.45, 7) is 8.34. The molecule has 128 valence electrons. The molecule has 0 spiro atoms. The maximum atomic E-state index is 12.3. The van der Waals surface area contributed by atoms with E-state index < -0.39 is 11.6 Å². The van der Waals surface area contributed by atoms with Crippen molar-refractivity contribution in [1.29, 1.82) is 0 Å². The van der Waals surface area contributed by atoms with E-state index in [0.717, 1.165) is 32.1 Å². The standard InChI is InChI=1S/C18H32O4/c1-13(2)8-5-6-11-18(3,4)22-17(21)15-10-7-9-14(12-15)16(19)20/h13-15H,5-12H2,1-4H3,(H,19,20). The highest BCUT2D eigenvalue weighted by Gasteiger charge is 2.34. The van der Waals surface area contributed by atoms with Crippen molar-refractivity contribution >= 4 is 11.9 Å². The third-order valence-electron chi connectivity index (χ3n) is 4.54. The quantitative estimate of drug-likeness (QED) is 0.532. The highest BCUT2D eigenvalue weighted by molar-refractivity contribution is 5.75. The lowest BCUT2D eigenvalue weighted by Gasteiger charge is -2.30. The van der Waals surface area contributed by atoms with Crippen molar-refractivity contribution in [1.82, 2.24) is 0 Å². The van der Waals surface area contributed by atoms with Crippen LogP contribution in [0.25, 0.3) is 0 Å². The third-order valence-corrected chi connectivity index (χ3v) is 4.54. The van der Waals surface area contributed by atoms with Gasteiger partial charge < -0.3 is 9.84 Å². The molecule has 1 N–H and O–H groups in total. The van der Waals surface area contributed by atoms with E-state index in [1.54, 1.807) is 0 Å². The number of ether oxygens (including phenoxy) is 1. The Labute approximate surface area is 134 Å². The lowest BCUT2D eigenvalue weighted by molar-refractivity contribution is -0.164. The predicted molar refractivity (Wildman–Crippen MR) is 86.6 cm³/mol. The molecular weight excluding hydrogens is 280 g/mol. The Morgan fingerprint density at radius 1 is 1.18 bits per heavy atom. The molecule has 1 saturated carbocycles. The van der Waals surface area contributed by atoms with Gasteiger partial charge in [-0.25, -0.2) is 0 Å². The Morgan fingerprint density at radius 2 is 1.82 bits per heavy atom. The van der Waals surface area contributed by atoms with E-state index in [4.69, 9.17) is 9.84 Å². The highest BCUT2D eigenvalue weighted by Crippen LogP contribution is 2.32. The molecule has 0 saturated heterocycles. The van der Waals surface area contributed by atoms with Crippen molar-refractivity contribution in [3.8, 4) is 0 Å². The van der Waals surface area contributed by atoms with Crippen LogP contribution in [0.1, 0.15) is 79.1 Å². The van der Waals surface area contributed by atoms with Crippen molar-refractivity contribution in [3.05, 3.63) is 0 Å². The van der Waals surface area contributed by atoms with Gasteiger partial charge in [0.25, 0.3) is 0 Å². The highest BCUT2D eigenvalue weighted by atomic mass is 16.6.